The molecule has 0 aromatic carbocycles. The van der Waals surface area contributed by atoms with Crippen molar-refractivity contribution < 1.29 is 4.79 Å². The van der Waals surface area contributed by atoms with Gasteiger partial charge in [-0.1, -0.05) is 11.6 Å². The van der Waals surface area contributed by atoms with Gasteiger partial charge in [-0.3, -0.25) is 4.79 Å². The molecule has 0 spiro atoms. The number of nitrogens with two attached hydrogens (primary N) is 2. The van der Waals surface area contributed by atoms with Crippen molar-refractivity contribution in [3.63, 3.8) is 0 Å². The van der Waals surface area contributed by atoms with Crippen LogP contribution in [0, 0.1) is 0 Å². The first-order chi connectivity index (χ1) is 6.09. The molecule has 0 unspecified atom stereocenters. The van der Waals surface area contributed by atoms with Crippen LogP contribution in [-0.4, -0.2) is 17.4 Å². The van der Waals surface area contributed by atoms with E-state index in [2.05, 4.69) is 10.3 Å². The van der Waals surface area contributed by atoms with Crippen LogP contribution >= 0.6 is 11.6 Å². The van der Waals surface area contributed by atoms with Crippen LogP contribution in [-0.2, 0) is 4.79 Å². The van der Waals surface area contributed by atoms with Crippen LogP contribution in [0.3, 0.4) is 0 Å². The maximum absolute atomic E-state index is 10.4. The zero-order valence-corrected chi connectivity index (χ0v) is 7.51. The first-order valence-electron chi connectivity index (χ1n) is 3.54. The summed E-state index contributed by atoms with van der Waals surface area (Å²) in [6, 6.07) is 3.16. The van der Waals surface area contributed by atoms with Crippen LogP contribution < -0.4 is 16.8 Å². The van der Waals surface area contributed by atoms with E-state index in [1.165, 1.54) is 0 Å². The number of amides is 1. The first kappa shape index (κ1) is 9.60. The van der Waals surface area contributed by atoms with Crippen molar-refractivity contribution in [3.05, 3.63) is 17.3 Å². The number of carbonyl (C=O) groups is 1. The molecule has 0 aliphatic carbocycles. The largest absolute Gasteiger partial charge is 0.396 e. The van der Waals surface area contributed by atoms with E-state index < -0.39 is 5.91 Å². The Kier molecular flexibility index (Phi) is 2.92. The van der Waals surface area contributed by atoms with E-state index in [0.717, 1.165) is 0 Å². The number of nitrogen functional groups attached to an aromatic ring is 1. The smallest absolute Gasteiger partial charge is 0.236 e. The van der Waals surface area contributed by atoms with Gasteiger partial charge in [0.25, 0.3) is 0 Å². The number of halogens is 1. The fourth-order valence-corrected chi connectivity index (χ4v) is 0.906. The lowest BCUT2D eigenvalue weighted by atomic mass is 10.4. The van der Waals surface area contributed by atoms with Gasteiger partial charge in [-0.2, -0.15) is 0 Å². The van der Waals surface area contributed by atoms with Gasteiger partial charge in [-0.15, -0.1) is 0 Å². The van der Waals surface area contributed by atoms with Gasteiger partial charge in [0.15, 0.2) is 5.82 Å². The van der Waals surface area contributed by atoms with Gasteiger partial charge < -0.3 is 16.8 Å². The molecule has 0 aliphatic rings. The highest BCUT2D eigenvalue weighted by atomic mass is 35.5. The highest BCUT2D eigenvalue weighted by molar-refractivity contribution is 6.29. The second-order valence-corrected chi connectivity index (χ2v) is 2.78. The van der Waals surface area contributed by atoms with Crippen LogP contribution in [0.15, 0.2) is 12.1 Å². The van der Waals surface area contributed by atoms with Crippen molar-refractivity contribution in [1.29, 1.82) is 0 Å². The van der Waals surface area contributed by atoms with Crippen molar-refractivity contribution in [2.24, 2.45) is 5.73 Å². The standard InChI is InChI=1S/C7H9ClN4O/c8-5-2-1-4(9)7(12-5)11-3-6(10)13/h1-2H,3,9H2,(H2,10,13)(H,11,12). The summed E-state index contributed by atoms with van der Waals surface area (Å²) in [5.74, 6) is -0.118. The minimum absolute atomic E-state index is 0.0163. The number of nitrogens with one attached hydrogen (secondary N) is 1. The normalized spacial score (nSPS) is 9.62. The molecule has 0 bridgehead atoms. The summed E-state index contributed by atoms with van der Waals surface area (Å²) in [7, 11) is 0. The van der Waals surface area contributed by atoms with Crippen molar-refractivity contribution in [1.82, 2.24) is 4.98 Å². The molecule has 70 valence electrons. The van der Waals surface area contributed by atoms with Gasteiger partial charge in [-0.25, -0.2) is 4.98 Å². The fraction of sp³-hybridized carbons (Fsp3) is 0.143. The summed E-state index contributed by atoms with van der Waals surface area (Å²) >= 11 is 5.61. The maximum atomic E-state index is 10.4. The summed E-state index contributed by atoms with van der Waals surface area (Å²) in [6.07, 6.45) is 0. The molecule has 1 aromatic heterocycles. The predicted octanol–water partition coefficient (Wildman–Crippen LogP) is 0.214. The molecule has 1 heterocycles. The van der Waals surface area contributed by atoms with Gasteiger partial charge >= 0.3 is 0 Å². The molecule has 0 saturated heterocycles. The Morgan fingerprint density at radius 2 is 2.31 bits per heavy atom. The lowest BCUT2D eigenvalue weighted by molar-refractivity contribution is -0.116. The molecule has 1 amide bonds. The molecule has 5 N–H and O–H groups in total. The minimum atomic E-state index is -0.485. The summed E-state index contributed by atoms with van der Waals surface area (Å²) in [5.41, 5.74) is 10.9. The van der Waals surface area contributed by atoms with Crippen molar-refractivity contribution in [3.8, 4) is 0 Å². The van der Waals surface area contributed by atoms with E-state index in [1.807, 2.05) is 0 Å². The SMILES string of the molecule is NC(=O)CNc1nc(Cl)ccc1N. The van der Waals surface area contributed by atoms with Crippen LogP contribution in [0.4, 0.5) is 11.5 Å². The van der Waals surface area contributed by atoms with Crippen molar-refractivity contribution >= 4 is 29.0 Å². The number of primary amides is 1. The first-order valence-corrected chi connectivity index (χ1v) is 3.91. The number of pyridine rings is 1. The molecule has 0 radical (unpaired) electrons. The molecule has 13 heavy (non-hydrogen) atoms. The van der Waals surface area contributed by atoms with E-state index >= 15 is 0 Å². The van der Waals surface area contributed by atoms with E-state index in [1.54, 1.807) is 12.1 Å². The Bertz CT molecular complexity index is 328. The van der Waals surface area contributed by atoms with Crippen LogP contribution in [0.1, 0.15) is 0 Å². The van der Waals surface area contributed by atoms with Crippen molar-refractivity contribution in [2.75, 3.05) is 17.6 Å². The van der Waals surface area contributed by atoms with E-state index in [4.69, 9.17) is 23.1 Å². The Balaban J connectivity index is 2.75. The number of anilines is 2. The summed E-state index contributed by atoms with van der Waals surface area (Å²) in [4.78, 5) is 14.3. The highest BCUT2D eigenvalue weighted by Crippen LogP contribution is 2.17. The third-order valence-electron chi connectivity index (χ3n) is 1.32. The summed E-state index contributed by atoms with van der Waals surface area (Å²) in [6.45, 7) is -0.0163. The monoisotopic (exact) mass is 200 g/mol. The average molecular weight is 201 g/mol. The molecule has 1 rings (SSSR count). The summed E-state index contributed by atoms with van der Waals surface area (Å²) < 4.78 is 0. The Morgan fingerprint density at radius 1 is 1.62 bits per heavy atom. The molecule has 1 aromatic rings. The van der Waals surface area contributed by atoms with Gasteiger partial charge in [0.2, 0.25) is 5.91 Å². The molecule has 0 atom stereocenters. The number of rotatable bonds is 3. The number of hydrogen-bond acceptors (Lipinski definition) is 4. The molecule has 0 aliphatic heterocycles. The maximum Gasteiger partial charge on any atom is 0.236 e. The molecule has 0 fully saturated rings. The lowest BCUT2D eigenvalue weighted by Gasteiger charge is -2.05. The van der Waals surface area contributed by atoms with Gasteiger partial charge in [-0.05, 0) is 12.1 Å². The second-order valence-electron chi connectivity index (χ2n) is 2.39. The molecular weight excluding hydrogens is 192 g/mol. The van der Waals surface area contributed by atoms with E-state index in [-0.39, 0.29) is 6.54 Å². The zero-order chi connectivity index (χ0) is 9.84. The fourth-order valence-electron chi connectivity index (χ4n) is 0.759. The minimum Gasteiger partial charge on any atom is -0.396 e. The third-order valence-corrected chi connectivity index (χ3v) is 1.53. The molecular formula is C7H9ClN4O. The van der Waals surface area contributed by atoms with E-state index in [0.29, 0.717) is 16.7 Å². The van der Waals surface area contributed by atoms with Gasteiger partial charge in [0, 0.05) is 0 Å². The number of nitrogens with zero attached hydrogens (tertiary/aromatic N) is 1. The lowest BCUT2D eigenvalue weighted by Crippen LogP contribution is -2.22. The third kappa shape index (κ3) is 2.79. The average Bonchev–Trinajstić information content (AvgIpc) is 2.06. The summed E-state index contributed by atoms with van der Waals surface area (Å²) in [5, 5.41) is 2.96. The van der Waals surface area contributed by atoms with Crippen LogP contribution in [0.25, 0.3) is 0 Å². The topological polar surface area (TPSA) is 94.0 Å². The van der Waals surface area contributed by atoms with Crippen LogP contribution in [0.5, 0.6) is 0 Å². The Hall–Kier alpha value is -1.49. The van der Waals surface area contributed by atoms with Crippen LogP contribution in [0.2, 0.25) is 5.15 Å². The Morgan fingerprint density at radius 3 is 2.92 bits per heavy atom. The molecule has 6 heteroatoms. The van der Waals surface area contributed by atoms with E-state index in [9.17, 15) is 4.79 Å². The zero-order valence-electron chi connectivity index (χ0n) is 6.75. The van der Waals surface area contributed by atoms with Crippen molar-refractivity contribution in [2.45, 2.75) is 0 Å². The Labute approximate surface area is 80.1 Å². The second kappa shape index (κ2) is 3.95. The van der Waals surface area contributed by atoms with Gasteiger partial charge in [0.05, 0.1) is 12.2 Å². The number of hydrogen-bond donors (Lipinski definition) is 3. The molecule has 5 nitrogen and oxygen atoms in total. The molecule has 0 saturated carbocycles. The number of carbonyl (C=O) groups excluding carboxylic acids is 1. The number of aromatic nitrogens is 1. The predicted molar refractivity (Wildman–Crippen MR) is 51.3 cm³/mol. The highest BCUT2D eigenvalue weighted by Gasteiger charge is 2.02. The quantitative estimate of drug-likeness (QED) is 0.609. The van der Waals surface area contributed by atoms with Gasteiger partial charge in [0.1, 0.15) is 5.15 Å².